The van der Waals surface area contributed by atoms with Gasteiger partial charge in [0.05, 0.1) is 24.0 Å². The predicted octanol–water partition coefficient (Wildman–Crippen LogP) is 7.07. The number of fused-ring (bicyclic) bond motifs is 1. The third kappa shape index (κ3) is 5.69. The van der Waals surface area contributed by atoms with Crippen LogP contribution in [0.2, 0.25) is 0 Å². The van der Waals surface area contributed by atoms with Crippen molar-refractivity contribution in [2.45, 2.75) is 45.4 Å². The Morgan fingerprint density at radius 2 is 1.84 bits per heavy atom. The molecule has 8 heteroatoms. The van der Waals surface area contributed by atoms with Gasteiger partial charge >= 0.3 is 0 Å². The molecule has 0 unspecified atom stereocenters. The first-order valence-corrected chi connectivity index (χ1v) is 14.9. The number of nitrogens with two attached hydrogens (primary N) is 1. The molecule has 43 heavy (non-hydrogen) atoms. The molecule has 6 rings (SSSR count). The number of hydrogen-bond donors (Lipinski definition) is 3. The van der Waals surface area contributed by atoms with Crippen LogP contribution in [0.1, 0.15) is 71.3 Å². The first-order valence-electron chi connectivity index (χ1n) is 14.9. The zero-order valence-corrected chi connectivity index (χ0v) is 24.5. The highest BCUT2D eigenvalue weighted by atomic mass is 19.1. The van der Waals surface area contributed by atoms with Gasteiger partial charge in [0.2, 0.25) is 5.91 Å². The molecule has 4 N–H and O–H groups in total. The second kappa shape index (κ2) is 11.9. The third-order valence-electron chi connectivity index (χ3n) is 8.68. The van der Waals surface area contributed by atoms with Crippen LogP contribution in [0.3, 0.4) is 0 Å². The van der Waals surface area contributed by atoms with Crippen molar-refractivity contribution >= 4 is 22.5 Å². The number of H-pyrrole nitrogens is 1. The number of rotatable bonds is 8. The number of benzene rings is 3. The highest BCUT2D eigenvalue weighted by Gasteiger charge is 2.29. The maximum atomic E-state index is 14.6. The van der Waals surface area contributed by atoms with Gasteiger partial charge in [0.25, 0.3) is 0 Å². The van der Waals surface area contributed by atoms with Crippen molar-refractivity contribution in [3.05, 3.63) is 107 Å². The minimum atomic E-state index is -0.696. The first-order chi connectivity index (χ1) is 20.8. The lowest BCUT2D eigenvalue weighted by atomic mass is 9.81. The van der Waals surface area contributed by atoms with Crippen LogP contribution in [0, 0.1) is 18.7 Å². The minimum Gasteiger partial charge on any atom is -0.508 e. The standard InChI is InChI=1S/C35H36FN5O2/c1-3-6-22-11-13-41(14-12-22)26-19-38-35(39-20-26)24-15-21(2)32(28(16-24)34(37)43)33(27-18-25(36)9-10-31(27)42)30-17-23-7-4-5-8-29(23)40-30/h4-5,7-10,15-20,22,33,40,42H,3,6,11-14H2,1-2H3,(H2,37,43)/t33-/m1/s1. The van der Waals surface area contributed by atoms with Crippen LogP contribution in [0.4, 0.5) is 10.1 Å². The number of nitrogens with zero attached hydrogens (tertiary/aromatic N) is 3. The Balaban J connectivity index is 1.41. The highest BCUT2D eigenvalue weighted by Crippen LogP contribution is 2.42. The number of anilines is 1. The summed E-state index contributed by atoms with van der Waals surface area (Å²) in [7, 11) is 0. The van der Waals surface area contributed by atoms with E-state index in [-0.39, 0.29) is 11.3 Å². The third-order valence-corrected chi connectivity index (χ3v) is 8.68. The molecule has 1 amide bonds. The highest BCUT2D eigenvalue weighted by molar-refractivity contribution is 5.97. The van der Waals surface area contributed by atoms with Crippen LogP contribution in [-0.4, -0.2) is 39.1 Å². The average molecular weight is 578 g/mol. The molecule has 1 atom stereocenters. The molecular formula is C35H36FN5O2. The number of amides is 1. The maximum absolute atomic E-state index is 14.6. The fraction of sp³-hybridized carbons (Fsp3) is 0.286. The molecule has 0 saturated carbocycles. The van der Waals surface area contributed by atoms with Crippen molar-refractivity contribution in [2.75, 3.05) is 18.0 Å². The van der Waals surface area contributed by atoms with Gasteiger partial charge in [-0.05, 0) is 84.7 Å². The summed E-state index contributed by atoms with van der Waals surface area (Å²) in [5, 5.41) is 11.9. The second-order valence-corrected chi connectivity index (χ2v) is 11.6. The number of hydrogen-bond acceptors (Lipinski definition) is 5. The Labute approximate surface area is 250 Å². The van der Waals surface area contributed by atoms with E-state index in [4.69, 9.17) is 5.73 Å². The molecule has 7 nitrogen and oxygen atoms in total. The monoisotopic (exact) mass is 577 g/mol. The zero-order valence-electron chi connectivity index (χ0n) is 24.5. The molecule has 1 saturated heterocycles. The molecule has 3 heterocycles. The van der Waals surface area contributed by atoms with Gasteiger partial charge in [0.15, 0.2) is 5.82 Å². The summed E-state index contributed by atoms with van der Waals surface area (Å²) in [5.74, 6) is -0.634. The minimum absolute atomic E-state index is 0.0818. The molecule has 0 bridgehead atoms. The molecule has 1 fully saturated rings. The molecule has 3 aromatic carbocycles. The number of aromatic nitrogens is 3. The van der Waals surface area contributed by atoms with Crippen molar-refractivity contribution in [2.24, 2.45) is 11.7 Å². The van der Waals surface area contributed by atoms with E-state index in [0.29, 0.717) is 28.2 Å². The van der Waals surface area contributed by atoms with Gasteiger partial charge in [-0.15, -0.1) is 0 Å². The number of aryl methyl sites for hydroxylation is 1. The molecule has 1 aliphatic heterocycles. The Hall–Kier alpha value is -4.72. The van der Waals surface area contributed by atoms with E-state index >= 15 is 0 Å². The molecule has 0 spiro atoms. The van der Waals surface area contributed by atoms with E-state index in [1.54, 1.807) is 6.07 Å². The molecule has 5 aromatic rings. The number of phenolic OH excluding ortho intramolecular Hbond substituents is 1. The van der Waals surface area contributed by atoms with Gasteiger partial charge in [0, 0.05) is 41.0 Å². The normalized spacial score (nSPS) is 14.7. The second-order valence-electron chi connectivity index (χ2n) is 11.6. The number of aromatic amines is 1. The van der Waals surface area contributed by atoms with Crippen molar-refractivity contribution in [1.29, 1.82) is 0 Å². The van der Waals surface area contributed by atoms with Crippen molar-refractivity contribution < 1.29 is 14.3 Å². The molecule has 1 aliphatic rings. The lowest BCUT2D eigenvalue weighted by molar-refractivity contribution is 0.0999. The average Bonchev–Trinajstić information content (AvgIpc) is 3.44. The van der Waals surface area contributed by atoms with E-state index in [0.717, 1.165) is 41.2 Å². The first kappa shape index (κ1) is 28.4. The molecule has 220 valence electrons. The smallest absolute Gasteiger partial charge is 0.249 e. The zero-order chi connectivity index (χ0) is 30.1. The number of nitrogens with one attached hydrogen (secondary N) is 1. The van der Waals surface area contributed by atoms with Gasteiger partial charge in [-0.1, -0.05) is 38.0 Å². The Bertz CT molecular complexity index is 1740. The van der Waals surface area contributed by atoms with Crippen LogP contribution < -0.4 is 10.6 Å². The topological polar surface area (TPSA) is 108 Å². The number of para-hydroxylation sites is 1. The summed E-state index contributed by atoms with van der Waals surface area (Å²) < 4.78 is 14.6. The summed E-state index contributed by atoms with van der Waals surface area (Å²) in [6.07, 6.45) is 8.54. The van der Waals surface area contributed by atoms with Crippen LogP contribution in [0.15, 0.2) is 73.1 Å². The Morgan fingerprint density at radius 3 is 2.53 bits per heavy atom. The fourth-order valence-electron chi connectivity index (χ4n) is 6.52. The number of halogens is 1. The Kier molecular flexibility index (Phi) is 7.84. The summed E-state index contributed by atoms with van der Waals surface area (Å²) in [6, 6.07) is 17.2. The van der Waals surface area contributed by atoms with Gasteiger partial charge in [-0.25, -0.2) is 14.4 Å². The predicted molar refractivity (Wildman–Crippen MR) is 168 cm³/mol. The van der Waals surface area contributed by atoms with Gasteiger partial charge in [0.1, 0.15) is 11.6 Å². The largest absolute Gasteiger partial charge is 0.508 e. The summed E-state index contributed by atoms with van der Waals surface area (Å²) in [5.41, 5.74) is 11.1. The van der Waals surface area contributed by atoms with E-state index in [1.165, 1.54) is 43.9 Å². The van der Waals surface area contributed by atoms with E-state index in [9.17, 15) is 14.3 Å². The Morgan fingerprint density at radius 1 is 1.09 bits per heavy atom. The van der Waals surface area contributed by atoms with Gasteiger partial charge < -0.3 is 20.7 Å². The lowest BCUT2D eigenvalue weighted by Gasteiger charge is -2.33. The van der Waals surface area contributed by atoms with E-state index in [2.05, 4.69) is 26.8 Å². The van der Waals surface area contributed by atoms with Gasteiger partial charge in [-0.3, -0.25) is 4.79 Å². The number of phenols is 1. The quantitative estimate of drug-likeness (QED) is 0.183. The maximum Gasteiger partial charge on any atom is 0.249 e. The van der Waals surface area contributed by atoms with Crippen LogP contribution in [-0.2, 0) is 0 Å². The molecule has 0 aliphatic carbocycles. The van der Waals surface area contributed by atoms with Crippen LogP contribution >= 0.6 is 0 Å². The van der Waals surface area contributed by atoms with E-state index < -0.39 is 17.6 Å². The summed E-state index contributed by atoms with van der Waals surface area (Å²) in [6.45, 7) is 6.11. The number of primary amides is 1. The lowest BCUT2D eigenvalue weighted by Crippen LogP contribution is -2.33. The van der Waals surface area contributed by atoms with Crippen LogP contribution in [0.5, 0.6) is 5.75 Å². The fourth-order valence-corrected chi connectivity index (χ4v) is 6.52. The van der Waals surface area contributed by atoms with Crippen LogP contribution in [0.25, 0.3) is 22.3 Å². The summed E-state index contributed by atoms with van der Waals surface area (Å²) >= 11 is 0. The number of carbonyl (C=O) groups excluding carboxylic acids is 1. The van der Waals surface area contributed by atoms with Crippen molar-refractivity contribution in [3.8, 4) is 17.1 Å². The SMILES string of the molecule is CCCC1CCN(c2cnc(-c3cc(C)c([C@@H](c4cc5ccccc5[nH]4)c4cc(F)ccc4O)c(C(N)=O)c3)nc2)CC1. The number of carbonyl (C=O) groups is 1. The molecule has 2 aromatic heterocycles. The molecule has 0 radical (unpaired) electrons. The van der Waals surface area contributed by atoms with Gasteiger partial charge in [-0.2, -0.15) is 0 Å². The molecular weight excluding hydrogens is 541 g/mol. The number of piperidine rings is 1. The van der Waals surface area contributed by atoms with Crippen molar-refractivity contribution in [1.82, 2.24) is 15.0 Å². The number of aromatic hydroxyl groups is 1. The van der Waals surface area contributed by atoms with Crippen molar-refractivity contribution in [3.63, 3.8) is 0 Å². The summed E-state index contributed by atoms with van der Waals surface area (Å²) in [4.78, 5) is 28.1. The van der Waals surface area contributed by atoms with E-state index in [1.807, 2.05) is 55.7 Å².